The maximum absolute atomic E-state index is 12.8. The average molecular weight is 498 g/mol. The molecule has 0 unspecified atom stereocenters. The number of carbonyl (C=O) groups excluding carboxylic acids is 1. The second-order valence-electron chi connectivity index (χ2n) is 6.35. The summed E-state index contributed by atoms with van der Waals surface area (Å²) in [7, 11) is -0.852. The summed E-state index contributed by atoms with van der Waals surface area (Å²) in [5.41, 5.74) is 1.05. The van der Waals surface area contributed by atoms with Crippen LogP contribution in [0.2, 0.25) is 5.02 Å². The first-order valence-corrected chi connectivity index (χ1v) is 11.1. The molecule has 1 aromatic heterocycles. The van der Waals surface area contributed by atoms with Gasteiger partial charge in [-0.15, -0.1) is 0 Å². The summed E-state index contributed by atoms with van der Waals surface area (Å²) in [4.78, 5) is 12.8. The van der Waals surface area contributed by atoms with Crippen molar-refractivity contribution in [3.63, 3.8) is 0 Å². The van der Waals surface area contributed by atoms with E-state index < -0.39 is 15.9 Å². The molecule has 1 amide bonds. The number of hydrogen-bond acceptors (Lipinski definition) is 4. The van der Waals surface area contributed by atoms with Crippen molar-refractivity contribution in [1.82, 2.24) is 14.1 Å². The van der Waals surface area contributed by atoms with Crippen molar-refractivity contribution < 1.29 is 13.2 Å². The Morgan fingerprint density at radius 1 is 1.21 bits per heavy atom. The van der Waals surface area contributed by atoms with Crippen molar-refractivity contribution in [2.45, 2.75) is 11.4 Å². The molecule has 2 aromatic carbocycles. The number of anilines is 1. The van der Waals surface area contributed by atoms with E-state index in [4.69, 9.17) is 11.6 Å². The summed E-state index contributed by atoms with van der Waals surface area (Å²) in [6.07, 6.45) is 1.57. The SMILES string of the molecule is CN(C)S(=O)(=O)c1ccc(Cl)c(C(=O)Nc2ccnn2Cc2ccccc2Br)c1. The van der Waals surface area contributed by atoms with E-state index in [1.165, 1.54) is 32.3 Å². The molecule has 0 bridgehead atoms. The van der Waals surface area contributed by atoms with Crippen molar-refractivity contribution in [3.05, 3.63) is 75.4 Å². The largest absolute Gasteiger partial charge is 0.307 e. The van der Waals surface area contributed by atoms with Crippen LogP contribution in [0, 0.1) is 0 Å². The van der Waals surface area contributed by atoms with Gasteiger partial charge >= 0.3 is 0 Å². The topological polar surface area (TPSA) is 84.3 Å². The number of carbonyl (C=O) groups is 1. The van der Waals surface area contributed by atoms with Crippen molar-refractivity contribution >= 4 is 49.3 Å². The fourth-order valence-corrected chi connectivity index (χ4v) is 4.13. The Hall–Kier alpha value is -2.20. The highest BCUT2D eigenvalue weighted by Crippen LogP contribution is 2.24. The van der Waals surface area contributed by atoms with Gasteiger partial charge in [0.05, 0.1) is 28.2 Å². The molecule has 0 saturated heterocycles. The standard InChI is InChI=1S/C19H18BrClN4O3S/c1-24(2)29(27,28)14-7-8-17(21)15(11-14)19(26)23-18-9-10-22-25(18)12-13-5-3-4-6-16(13)20/h3-11H,12H2,1-2H3,(H,23,26). The summed E-state index contributed by atoms with van der Waals surface area (Å²) in [5, 5.41) is 7.15. The van der Waals surface area contributed by atoms with Gasteiger partial charge < -0.3 is 5.32 Å². The Labute approximate surface area is 182 Å². The van der Waals surface area contributed by atoms with Gasteiger partial charge in [-0.25, -0.2) is 17.4 Å². The smallest absolute Gasteiger partial charge is 0.258 e. The maximum atomic E-state index is 12.8. The molecular formula is C19H18BrClN4O3S. The second kappa shape index (κ2) is 8.66. The lowest BCUT2D eigenvalue weighted by atomic mass is 10.2. The molecule has 0 fully saturated rings. The molecule has 1 heterocycles. The Bertz CT molecular complexity index is 1160. The molecule has 0 radical (unpaired) electrons. The number of sulfonamides is 1. The number of amides is 1. The van der Waals surface area contributed by atoms with Crippen molar-refractivity contribution in [2.24, 2.45) is 0 Å². The maximum Gasteiger partial charge on any atom is 0.258 e. The minimum Gasteiger partial charge on any atom is -0.307 e. The molecule has 1 N–H and O–H groups in total. The van der Waals surface area contributed by atoms with Crippen LogP contribution in [-0.4, -0.2) is 42.5 Å². The van der Waals surface area contributed by atoms with Gasteiger partial charge in [-0.3, -0.25) is 4.79 Å². The first-order valence-electron chi connectivity index (χ1n) is 8.49. The Morgan fingerprint density at radius 2 is 1.93 bits per heavy atom. The third kappa shape index (κ3) is 4.69. The highest BCUT2D eigenvalue weighted by atomic mass is 79.9. The first-order chi connectivity index (χ1) is 13.7. The summed E-state index contributed by atoms with van der Waals surface area (Å²) in [5.74, 6) is -0.0672. The van der Waals surface area contributed by atoms with E-state index in [9.17, 15) is 13.2 Å². The monoisotopic (exact) mass is 496 g/mol. The van der Waals surface area contributed by atoms with E-state index in [1.54, 1.807) is 16.9 Å². The van der Waals surface area contributed by atoms with Gasteiger partial charge in [0.2, 0.25) is 10.0 Å². The van der Waals surface area contributed by atoms with Gasteiger partial charge in [0, 0.05) is 24.6 Å². The predicted molar refractivity (Wildman–Crippen MR) is 116 cm³/mol. The van der Waals surface area contributed by atoms with Gasteiger partial charge in [0.15, 0.2) is 0 Å². The highest BCUT2D eigenvalue weighted by molar-refractivity contribution is 9.10. The zero-order chi connectivity index (χ0) is 21.2. The number of nitrogens with zero attached hydrogens (tertiary/aromatic N) is 3. The molecule has 29 heavy (non-hydrogen) atoms. The second-order valence-corrected chi connectivity index (χ2v) is 9.76. The van der Waals surface area contributed by atoms with Gasteiger partial charge in [0.25, 0.3) is 5.91 Å². The van der Waals surface area contributed by atoms with Gasteiger partial charge in [-0.1, -0.05) is 45.7 Å². The summed E-state index contributed by atoms with van der Waals surface area (Å²) in [6.45, 7) is 0.437. The molecule has 3 aromatic rings. The van der Waals surface area contributed by atoms with Gasteiger partial charge in [-0.05, 0) is 29.8 Å². The lowest BCUT2D eigenvalue weighted by Crippen LogP contribution is -2.23. The van der Waals surface area contributed by atoms with Crippen LogP contribution < -0.4 is 5.32 Å². The molecule has 0 aliphatic carbocycles. The molecule has 10 heteroatoms. The molecule has 0 aliphatic rings. The van der Waals surface area contributed by atoms with Crippen LogP contribution in [0.1, 0.15) is 15.9 Å². The van der Waals surface area contributed by atoms with E-state index in [2.05, 4.69) is 26.3 Å². The van der Waals surface area contributed by atoms with Crippen molar-refractivity contribution in [1.29, 1.82) is 0 Å². The van der Waals surface area contributed by atoms with Crippen LogP contribution in [0.5, 0.6) is 0 Å². The minimum absolute atomic E-state index is 0.0150. The average Bonchev–Trinajstić information content (AvgIpc) is 3.10. The zero-order valence-corrected chi connectivity index (χ0v) is 18.8. The summed E-state index contributed by atoms with van der Waals surface area (Å²) >= 11 is 9.65. The molecule has 0 aliphatic heterocycles. The molecule has 0 saturated carbocycles. The lowest BCUT2D eigenvalue weighted by molar-refractivity contribution is 0.102. The van der Waals surface area contributed by atoms with Gasteiger partial charge in [0.1, 0.15) is 5.82 Å². The van der Waals surface area contributed by atoms with Crippen LogP contribution in [0.4, 0.5) is 5.82 Å². The minimum atomic E-state index is -3.69. The molecule has 0 spiro atoms. The normalized spacial score (nSPS) is 11.6. The zero-order valence-electron chi connectivity index (χ0n) is 15.6. The van der Waals surface area contributed by atoms with Crippen LogP contribution in [0.3, 0.4) is 0 Å². The molecular weight excluding hydrogens is 480 g/mol. The molecule has 152 valence electrons. The van der Waals surface area contributed by atoms with Crippen LogP contribution in [0.25, 0.3) is 0 Å². The number of rotatable bonds is 6. The number of hydrogen-bond donors (Lipinski definition) is 1. The Balaban J connectivity index is 1.87. The quantitative estimate of drug-likeness (QED) is 0.561. The Kier molecular flexibility index (Phi) is 6.42. The van der Waals surface area contributed by atoms with E-state index >= 15 is 0 Å². The highest BCUT2D eigenvalue weighted by Gasteiger charge is 2.21. The first kappa shape index (κ1) is 21.5. The molecule has 0 atom stereocenters. The van der Waals surface area contributed by atoms with E-state index in [1.807, 2.05) is 24.3 Å². The van der Waals surface area contributed by atoms with E-state index in [-0.39, 0.29) is 15.5 Å². The number of nitrogens with one attached hydrogen (secondary N) is 1. The summed E-state index contributed by atoms with van der Waals surface area (Å²) in [6, 6.07) is 13.4. The van der Waals surface area contributed by atoms with E-state index in [0.29, 0.717) is 12.4 Å². The fraction of sp³-hybridized carbons (Fsp3) is 0.158. The lowest BCUT2D eigenvalue weighted by Gasteiger charge is -2.14. The van der Waals surface area contributed by atoms with Crippen LogP contribution >= 0.6 is 27.5 Å². The number of halogens is 2. The van der Waals surface area contributed by atoms with Crippen LogP contribution in [0.15, 0.2) is 64.1 Å². The van der Waals surface area contributed by atoms with Gasteiger partial charge in [-0.2, -0.15) is 5.10 Å². The third-order valence-corrected chi connectivity index (χ3v) is 7.11. The number of aromatic nitrogens is 2. The van der Waals surface area contributed by atoms with Crippen molar-refractivity contribution in [3.8, 4) is 0 Å². The van der Waals surface area contributed by atoms with E-state index in [0.717, 1.165) is 14.3 Å². The Morgan fingerprint density at radius 3 is 2.62 bits per heavy atom. The molecule has 7 nitrogen and oxygen atoms in total. The van der Waals surface area contributed by atoms with Crippen LogP contribution in [-0.2, 0) is 16.6 Å². The fourth-order valence-electron chi connectivity index (χ4n) is 2.59. The summed E-state index contributed by atoms with van der Waals surface area (Å²) < 4.78 is 28.3. The predicted octanol–water partition coefficient (Wildman–Crippen LogP) is 3.85. The number of benzene rings is 2. The molecule has 3 rings (SSSR count). The van der Waals surface area contributed by atoms with Crippen molar-refractivity contribution in [2.75, 3.05) is 19.4 Å². The third-order valence-electron chi connectivity index (χ3n) is 4.20.